The molecule has 1 aromatic heterocycles. The van der Waals surface area contributed by atoms with E-state index in [1.165, 1.54) is 11.1 Å². The van der Waals surface area contributed by atoms with Crippen LogP contribution >= 0.6 is 23.1 Å². The Morgan fingerprint density at radius 2 is 1.97 bits per heavy atom. The van der Waals surface area contributed by atoms with Crippen LogP contribution in [0.1, 0.15) is 39.5 Å². The lowest BCUT2D eigenvalue weighted by molar-refractivity contribution is 0.0791. The van der Waals surface area contributed by atoms with Gasteiger partial charge < -0.3 is 9.64 Å². The molecule has 0 saturated carbocycles. The molecule has 2 aromatic carbocycles. The van der Waals surface area contributed by atoms with Gasteiger partial charge in [-0.05, 0) is 48.7 Å². The Hall–Kier alpha value is -2.31. The summed E-state index contributed by atoms with van der Waals surface area (Å²) < 4.78 is 6.32. The molecule has 2 heterocycles. The fourth-order valence-electron chi connectivity index (χ4n) is 3.56. The van der Waals surface area contributed by atoms with Crippen LogP contribution in [-0.4, -0.2) is 36.0 Å². The normalized spacial score (nSPS) is 16.2. The van der Waals surface area contributed by atoms with Gasteiger partial charge in [-0.15, -0.1) is 11.3 Å². The molecular formula is C23H24N2O2S2. The molecule has 0 spiro atoms. The third kappa shape index (κ3) is 4.82. The van der Waals surface area contributed by atoms with Gasteiger partial charge in [0.25, 0.3) is 5.91 Å². The van der Waals surface area contributed by atoms with Crippen molar-refractivity contribution in [3.8, 4) is 5.75 Å². The Morgan fingerprint density at radius 3 is 2.62 bits per heavy atom. The summed E-state index contributed by atoms with van der Waals surface area (Å²) in [5.41, 5.74) is 4.30. The monoisotopic (exact) mass is 424 g/mol. The number of likely N-dealkylation sites (tertiary alicyclic amines) is 1. The van der Waals surface area contributed by atoms with E-state index < -0.39 is 0 Å². The summed E-state index contributed by atoms with van der Waals surface area (Å²) in [5, 5.41) is 2.07. The molecule has 1 unspecified atom stereocenters. The Balaban J connectivity index is 1.34. The highest BCUT2D eigenvalue weighted by molar-refractivity contribution is 8.00. The average molecular weight is 425 g/mol. The second-order valence-corrected chi connectivity index (χ2v) is 9.33. The van der Waals surface area contributed by atoms with E-state index in [9.17, 15) is 4.79 Å². The first-order valence-electron chi connectivity index (χ1n) is 9.69. The first-order valence-corrected chi connectivity index (χ1v) is 11.6. The van der Waals surface area contributed by atoms with Crippen molar-refractivity contribution >= 4 is 29.0 Å². The van der Waals surface area contributed by atoms with E-state index in [1.807, 2.05) is 36.1 Å². The fourth-order valence-corrected chi connectivity index (χ4v) is 5.37. The topological polar surface area (TPSA) is 42.4 Å². The van der Waals surface area contributed by atoms with Crippen LogP contribution in [0.5, 0.6) is 5.75 Å². The van der Waals surface area contributed by atoms with Gasteiger partial charge in [0.15, 0.2) is 0 Å². The number of thiazole rings is 1. The Kier molecular flexibility index (Phi) is 6.21. The third-order valence-electron chi connectivity index (χ3n) is 5.22. The number of carbonyl (C=O) groups excluding carboxylic acids is 1. The van der Waals surface area contributed by atoms with Crippen LogP contribution < -0.4 is 4.74 Å². The largest absolute Gasteiger partial charge is 0.497 e. The third-order valence-corrected chi connectivity index (χ3v) is 7.43. The minimum absolute atomic E-state index is 0.121. The maximum absolute atomic E-state index is 12.9. The van der Waals surface area contributed by atoms with Crippen molar-refractivity contribution in [2.24, 2.45) is 0 Å². The minimum Gasteiger partial charge on any atom is -0.497 e. The molecule has 0 radical (unpaired) electrons. The summed E-state index contributed by atoms with van der Waals surface area (Å²) in [5.74, 6) is 2.24. The molecule has 0 N–H and O–H groups in total. The summed E-state index contributed by atoms with van der Waals surface area (Å²) >= 11 is 3.42. The first-order chi connectivity index (χ1) is 14.1. The SMILES string of the molecule is COc1ccc(C2CCN(C(=O)c3ccc(CSc4nc(C)cs4)cc3)C2)cc1. The lowest BCUT2D eigenvalue weighted by Crippen LogP contribution is -2.28. The average Bonchev–Trinajstić information content (AvgIpc) is 3.41. The maximum Gasteiger partial charge on any atom is 0.253 e. The summed E-state index contributed by atoms with van der Waals surface area (Å²) in [6, 6.07) is 16.2. The lowest BCUT2D eigenvalue weighted by atomic mass is 9.98. The number of amides is 1. The summed E-state index contributed by atoms with van der Waals surface area (Å²) in [6.07, 6.45) is 1.00. The van der Waals surface area contributed by atoms with Crippen molar-refractivity contribution in [3.63, 3.8) is 0 Å². The Bertz CT molecular complexity index is 967. The van der Waals surface area contributed by atoms with Crippen LogP contribution in [-0.2, 0) is 5.75 Å². The van der Waals surface area contributed by atoms with Crippen molar-refractivity contribution < 1.29 is 9.53 Å². The van der Waals surface area contributed by atoms with E-state index >= 15 is 0 Å². The van der Waals surface area contributed by atoms with Gasteiger partial charge in [0.1, 0.15) is 10.1 Å². The molecule has 1 aliphatic rings. The van der Waals surface area contributed by atoms with Gasteiger partial charge >= 0.3 is 0 Å². The van der Waals surface area contributed by atoms with Crippen molar-refractivity contribution in [2.75, 3.05) is 20.2 Å². The van der Waals surface area contributed by atoms with Gasteiger partial charge in [0.05, 0.1) is 7.11 Å². The molecule has 0 bridgehead atoms. The van der Waals surface area contributed by atoms with Crippen LogP contribution in [0.15, 0.2) is 58.3 Å². The number of aryl methyl sites for hydroxylation is 1. The van der Waals surface area contributed by atoms with E-state index in [2.05, 4.69) is 34.6 Å². The number of ether oxygens (including phenoxy) is 1. The molecule has 4 rings (SSSR count). The zero-order chi connectivity index (χ0) is 20.2. The van der Waals surface area contributed by atoms with E-state index in [1.54, 1.807) is 30.2 Å². The van der Waals surface area contributed by atoms with Crippen molar-refractivity contribution in [3.05, 3.63) is 76.3 Å². The fraction of sp³-hybridized carbons (Fsp3) is 0.304. The number of benzene rings is 2. The van der Waals surface area contributed by atoms with E-state index in [0.717, 1.165) is 46.6 Å². The highest BCUT2D eigenvalue weighted by Gasteiger charge is 2.27. The highest BCUT2D eigenvalue weighted by Crippen LogP contribution is 2.30. The van der Waals surface area contributed by atoms with Gasteiger partial charge in [-0.3, -0.25) is 4.79 Å². The summed E-state index contributed by atoms with van der Waals surface area (Å²) in [4.78, 5) is 19.4. The van der Waals surface area contributed by atoms with E-state index in [4.69, 9.17) is 4.74 Å². The Morgan fingerprint density at radius 1 is 1.21 bits per heavy atom. The molecule has 1 saturated heterocycles. The van der Waals surface area contributed by atoms with Crippen LogP contribution in [0.25, 0.3) is 0 Å². The first kappa shape index (κ1) is 20.0. The van der Waals surface area contributed by atoms with E-state index in [0.29, 0.717) is 5.92 Å². The standard InChI is InChI=1S/C23H24N2O2S2/c1-16-14-28-23(24-16)29-15-17-3-5-19(6-4-17)22(26)25-12-11-20(13-25)18-7-9-21(27-2)10-8-18/h3-10,14,20H,11-13,15H2,1-2H3. The molecule has 1 aliphatic heterocycles. The molecule has 1 fully saturated rings. The molecule has 6 heteroatoms. The predicted molar refractivity (Wildman–Crippen MR) is 119 cm³/mol. The van der Waals surface area contributed by atoms with Crippen molar-refractivity contribution in [1.82, 2.24) is 9.88 Å². The summed E-state index contributed by atoms with van der Waals surface area (Å²) in [6.45, 7) is 3.58. The second kappa shape index (κ2) is 9.01. The van der Waals surface area contributed by atoms with Crippen LogP contribution in [0, 0.1) is 6.92 Å². The van der Waals surface area contributed by atoms with Gasteiger partial charge in [0, 0.05) is 41.4 Å². The number of hydrogen-bond acceptors (Lipinski definition) is 5. The maximum atomic E-state index is 12.9. The molecule has 4 nitrogen and oxygen atoms in total. The number of methoxy groups -OCH3 is 1. The van der Waals surface area contributed by atoms with Gasteiger partial charge in [-0.25, -0.2) is 4.98 Å². The number of aromatic nitrogens is 1. The minimum atomic E-state index is 0.121. The van der Waals surface area contributed by atoms with E-state index in [-0.39, 0.29) is 5.91 Å². The highest BCUT2D eigenvalue weighted by atomic mass is 32.2. The smallest absolute Gasteiger partial charge is 0.253 e. The zero-order valence-electron chi connectivity index (χ0n) is 16.6. The van der Waals surface area contributed by atoms with Crippen molar-refractivity contribution in [2.45, 2.75) is 29.4 Å². The van der Waals surface area contributed by atoms with Crippen LogP contribution in [0.3, 0.4) is 0 Å². The number of carbonyl (C=O) groups is 1. The molecule has 1 amide bonds. The second-order valence-electron chi connectivity index (χ2n) is 7.25. The predicted octanol–water partition coefficient (Wildman–Crippen LogP) is 5.38. The molecule has 29 heavy (non-hydrogen) atoms. The molecular weight excluding hydrogens is 400 g/mol. The summed E-state index contributed by atoms with van der Waals surface area (Å²) in [7, 11) is 1.68. The lowest BCUT2D eigenvalue weighted by Gasteiger charge is -2.17. The molecule has 3 aromatic rings. The van der Waals surface area contributed by atoms with Gasteiger partial charge in [0.2, 0.25) is 0 Å². The molecule has 1 atom stereocenters. The van der Waals surface area contributed by atoms with Gasteiger partial charge in [-0.1, -0.05) is 36.0 Å². The quantitative estimate of drug-likeness (QED) is 0.498. The van der Waals surface area contributed by atoms with Crippen molar-refractivity contribution in [1.29, 1.82) is 0 Å². The number of thioether (sulfide) groups is 1. The number of hydrogen-bond donors (Lipinski definition) is 0. The Labute approximate surface area is 179 Å². The zero-order valence-corrected chi connectivity index (χ0v) is 18.3. The van der Waals surface area contributed by atoms with Gasteiger partial charge in [-0.2, -0.15) is 0 Å². The molecule has 150 valence electrons. The van der Waals surface area contributed by atoms with Crippen LogP contribution in [0.4, 0.5) is 0 Å². The van der Waals surface area contributed by atoms with Crippen LogP contribution in [0.2, 0.25) is 0 Å². The number of rotatable bonds is 6. The number of nitrogens with zero attached hydrogens (tertiary/aromatic N) is 2. The molecule has 0 aliphatic carbocycles.